The third-order valence-electron chi connectivity index (χ3n) is 4.13. The SMILES string of the molecule is CCCn1ncc(Cl)c1C1(O)CCc2cc(Br)ccc2C1. The molecule has 1 aromatic heterocycles. The number of fused-ring (bicyclic) bond motifs is 1. The minimum Gasteiger partial charge on any atom is -0.383 e. The third-order valence-corrected chi connectivity index (χ3v) is 4.90. The van der Waals surface area contributed by atoms with Crippen LogP contribution in [0, 0.1) is 0 Å². The molecule has 0 spiro atoms. The van der Waals surface area contributed by atoms with E-state index in [1.54, 1.807) is 6.20 Å². The molecule has 1 unspecified atom stereocenters. The van der Waals surface area contributed by atoms with Gasteiger partial charge < -0.3 is 5.11 Å². The topological polar surface area (TPSA) is 38.0 Å². The van der Waals surface area contributed by atoms with E-state index >= 15 is 0 Å². The van der Waals surface area contributed by atoms with Crippen molar-refractivity contribution < 1.29 is 5.11 Å². The zero-order valence-corrected chi connectivity index (χ0v) is 14.3. The van der Waals surface area contributed by atoms with Crippen molar-refractivity contribution in [1.82, 2.24) is 9.78 Å². The van der Waals surface area contributed by atoms with Crippen LogP contribution in [0.25, 0.3) is 0 Å². The van der Waals surface area contributed by atoms with Crippen LogP contribution < -0.4 is 0 Å². The van der Waals surface area contributed by atoms with Gasteiger partial charge in [-0.15, -0.1) is 0 Å². The van der Waals surface area contributed by atoms with Gasteiger partial charge in [0.25, 0.3) is 0 Å². The first-order chi connectivity index (χ1) is 10.0. The van der Waals surface area contributed by atoms with E-state index in [1.165, 1.54) is 11.1 Å². The second kappa shape index (κ2) is 5.75. The molecule has 1 aromatic carbocycles. The van der Waals surface area contributed by atoms with Crippen molar-refractivity contribution in [3.8, 4) is 0 Å². The van der Waals surface area contributed by atoms with E-state index in [-0.39, 0.29) is 0 Å². The molecule has 5 heteroatoms. The normalized spacial score (nSPS) is 21.3. The predicted octanol–water partition coefficient (Wildman–Crippen LogP) is 4.09. The van der Waals surface area contributed by atoms with Gasteiger partial charge in [0.2, 0.25) is 0 Å². The molecule has 1 heterocycles. The molecule has 1 N–H and O–H groups in total. The summed E-state index contributed by atoms with van der Waals surface area (Å²) >= 11 is 9.81. The maximum atomic E-state index is 11.2. The van der Waals surface area contributed by atoms with Crippen molar-refractivity contribution in [2.75, 3.05) is 0 Å². The van der Waals surface area contributed by atoms with Crippen molar-refractivity contribution in [3.05, 3.63) is 50.7 Å². The molecule has 0 fully saturated rings. The Hall–Kier alpha value is -0.840. The summed E-state index contributed by atoms with van der Waals surface area (Å²) in [6, 6.07) is 6.24. The lowest BCUT2D eigenvalue weighted by atomic mass is 9.78. The van der Waals surface area contributed by atoms with Crippen molar-refractivity contribution in [2.45, 2.75) is 44.8 Å². The van der Waals surface area contributed by atoms with E-state index in [0.29, 0.717) is 17.9 Å². The summed E-state index contributed by atoms with van der Waals surface area (Å²) in [5, 5.41) is 16.1. The van der Waals surface area contributed by atoms with Crippen LogP contribution in [0.5, 0.6) is 0 Å². The van der Waals surface area contributed by atoms with E-state index in [4.69, 9.17) is 11.6 Å². The quantitative estimate of drug-likeness (QED) is 0.885. The minimum atomic E-state index is -0.927. The lowest BCUT2D eigenvalue weighted by Gasteiger charge is -2.34. The zero-order valence-electron chi connectivity index (χ0n) is 11.9. The van der Waals surface area contributed by atoms with Crippen molar-refractivity contribution in [2.24, 2.45) is 0 Å². The molecule has 3 rings (SSSR count). The van der Waals surface area contributed by atoms with Gasteiger partial charge in [-0.2, -0.15) is 5.10 Å². The van der Waals surface area contributed by atoms with Crippen molar-refractivity contribution in [1.29, 1.82) is 0 Å². The molecule has 0 aliphatic heterocycles. The Bertz CT molecular complexity index is 670. The summed E-state index contributed by atoms with van der Waals surface area (Å²) in [5.41, 5.74) is 2.32. The van der Waals surface area contributed by atoms with Crippen LogP contribution in [0.1, 0.15) is 36.6 Å². The average Bonchev–Trinajstić information content (AvgIpc) is 2.81. The maximum absolute atomic E-state index is 11.2. The summed E-state index contributed by atoms with van der Waals surface area (Å²) in [5.74, 6) is 0. The Labute approximate surface area is 138 Å². The smallest absolute Gasteiger partial charge is 0.112 e. The molecule has 112 valence electrons. The molecule has 0 bridgehead atoms. The number of hydrogen-bond acceptors (Lipinski definition) is 2. The van der Waals surface area contributed by atoms with Crippen LogP contribution in [-0.4, -0.2) is 14.9 Å². The number of aryl methyl sites for hydroxylation is 2. The molecule has 0 amide bonds. The fourth-order valence-corrected chi connectivity index (χ4v) is 3.88. The van der Waals surface area contributed by atoms with Crippen LogP contribution in [0.15, 0.2) is 28.9 Å². The van der Waals surface area contributed by atoms with Gasteiger partial charge >= 0.3 is 0 Å². The van der Waals surface area contributed by atoms with Crippen molar-refractivity contribution in [3.63, 3.8) is 0 Å². The van der Waals surface area contributed by atoms with Gasteiger partial charge in [0, 0.05) is 17.4 Å². The first kappa shape index (κ1) is 15.1. The van der Waals surface area contributed by atoms with Crippen LogP contribution in [0.4, 0.5) is 0 Å². The van der Waals surface area contributed by atoms with E-state index in [9.17, 15) is 5.11 Å². The van der Waals surface area contributed by atoms with Gasteiger partial charge in [0.1, 0.15) is 5.60 Å². The van der Waals surface area contributed by atoms with Crippen molar-refractivity contribution >= 4 is 27.5 Å². The fourth-order valence-electron chi connectivity index (χ4n) is 3.15. The number of aliphatic hydroxyl groups is 1. The Morgan fingerprint density at radius 1 is 1.43 bits per heavy atom. The Balaban J connectivity index is 1.99. The molecule has 1 atom stereocenters. The zero-order chi connectivity index (χ0) is 15.0. The highest BCUT2D eigenvalue weighted by molar-refractivity contribution is 9.10. The van der Waals surface area contributed by atoms with Crippen LogP contribution in [0.2, 0.25) is 5.02 Å². The lowest BCUT2D eigenvalue weighted by Crippen LogP contribution is -2.36. The van der Waals surface area contributed by atoms with Gasteiger partial charge in [-0.1, -0.05) is 40.5 Å². The maximum Gasteiger partial charge on any atom is 0.112 e. The van der Waals surface area contributed by atoms with Crippen LogP contribution >= 0.6 is 27.5 Å². The first-order valence-corrected chi connectivity index (χ1v) is 8.42. The Kier molecular flexibility index (Phi) is 4.12. The molecule has 2 aromatic rings. The summed E-state index contributed by atoms with van der Waals surface area (Å²) in [6.07, 6.45) is 4.71. The molecule has 1 aliphatic rings. The first-order valence-electron chi connectivity index (χ1n) is 7.25. The monoisotopic (exact) mass is 368 g/mol. The van der Waals surface area contributed by atoms with Crippen LogP contribution in [-0.2, 0) is 25.0 Å². The summed E-state index contributed by atoms with van der Waals surface area (Å²) < 4.78 is 2.94. The van der Waals surface area contributed by atoms with Gasteiger partial charge in [-0.25, -0.2) is 0 Å². The fraction of sp³-hybridized carbons (Fsp3) is 0.438. The highest BCUT2D eigenvalue weighted by Gasteiger charge is 2.38. The summed E-state index contributed by atoms with van der Waals surface area (Å²) in [7, 11) is 0. The number of hydrogen-bond donors (Lipinski definition) is 1. The largest absolute Gasteiger partial charge is 0.383 e. The number of halogens is 2. The predicted molar refractivity (Wildman–Crippen MR) is 87.6 cm³/mol. The lowest BCUT2D eigenvalue weighted by molar-refractivity contribution is 0.0134. The molecule has 3 nitrogen and oxygen atoms in total. The van der Waals surface area contributed by atoms with Gasteiger partial charge in [0.15, 0.2) is 0 Å². The summed E-state index contributed by atoms with van der Waals surface area (Å²) in [4.78, 5) is 0. The highest BCUT2D eigenvalue weighted by atomic mass is 79.9. The van der Waals surface area contributed by atoms with E-state index in [0.717, 1.165) is 29.6 Å². The molecule has 0 saturated heterocycles. The third kappa shape index (κ3) is 2.77. The highest BCUT2D eigenvalue weighted by Crippen LogP contribution is 2.40. The Morgan fingerprint density at radius 3 is 3.00 bits per heavy atom. The van der Waals surface area contributed by atoms with E-state index in [2.05, 4.69) is 40.1 Å². The average molecular weight is 370 g/mol. The summed E-state index contributed by atoms with van der Waals surface area (Å²) in [6.45, 7) is 2.87. The van der Waals surface area contributed by atoms with E-state index < -0.39 is 5.60 Å². The number of benzene rings is 1. The standard InChI is InChI=1S/C16H18BrClN2O/c1-2-7-20-15(14(18)10-19-20)16(21)6-5-11-8-13(17)4-3-12(11)9-16/h3-4,8,10,21H,2,5-7,9H2,1H3. The molecule has 1 aliphatic carbocycles. The molecular weight excluding hydrogens is 352 g/mol. The number of nitrogens with zero attached hydrogens (tertiary/aromatic N) is 2. The number of rotatable bonds is 3. The number of aromatic nitrogens is 2. The molecule has 21 heavy (non-hydrogen) atoms. The molecule has 0 saturated carbocycles. The van der Waals surface area contributed by atoms with E-state index in [1.807, 2.05) is 10.7 Å². The van der Waals surface area contributed by atoms with Gasteiger partial charge in [0.05, 0.1) is 16.9 Å². The molecule has 0 radical (unpaired) electrons. The van der Waals surface area contributed by atoms with Gasteiger partial charge in [-0.05, 0) is 42.5 Å². The second-order valence-corrected chi connectivity index (χ2v) is 7.01. The molecular formula is C16H18BrClN2O. The van der Waals surface area contributed by atoms with Gasteiger partial charge in [-0.3, -0.25) is 4.68 Å². The minimum absolute atomic E-state index is 0.562. The van der Waals surface area contributed by atoms with Crippen LogP contribution in [0.3, 0.4) is 0 Å². The second-order valence-electron chi connectivity index (χ2n) is 5.69. The Morgan fingerprint density at radius 2 is 2.24 bits per heavy atom.